The summed E-state index contributed by atoms with van der Waals surface area (Å²) < 4.78 is 6.04. The number of ketones is 2. The Hall–Kier alpha value is -4.13. The molecule has 3 aliphatic rings. The number of benzene rings is 1. The maximum absolute atomic E-state index is 14.3. The molecule has 1 unspecified atom stereocenters. The van der Waals surface area contributed by atoms with Gasteiger partial charge in [0.05, 0.1) is 23.7 Å². The Morgan fingerprint density at radius 2 is 1.80 bits per heavy atom. The fourth-order valence-corrected chi connectivity index (χ4v) is 6.86. The van der Waals surface area contributed by atoms with E-state index in [0.717, 1.165) is 0 Å². The molecule has 1 aromatic carbocycles. The number of nitrogens with one attached hydrogen (secondary N) is 1. The second kappa shape index (κ2) is 10.5. The number of primary amides is 1. The summed E-state index contributed by atoms with van der Waals surface area (Å²) in [6, 6.07) is 4.18. The van der Waals surface area contributed by atoms with Gasteiger partial charge in [0.2, 0.25) is 5.78 Å². The molecule has 3 aliphatic carbocycles. The molecular formula is C32H40N4O8. The van der Waals surface area contributed by atoms with Crippen molar-refractivity contribution < 1.29 is 39.2 Å². The normalized spacial score (nSPS) is 25.2. The third-order valence-electron chi connectivity index (χ3n) is 8.90. The van der Waals surface area contributed by atoms with E-state index in [-0.39, 0.29) is 40.8 Å². The first-order valence-electron chi connectivity index (χ1n) is 14.4. The third kappa shape index (κ3) is 4.68. The number of aliphatic hydroxyl groups is 3. The van der Waals surface area contributed by atoms with Crippen LogP contribution in [0, 0.1) is 11.8 Å². The van der Waals surface area contributed by atoms with Gasteiger partial charge >= 0.3 is 0 Å². The molecule has 7 N–H and O–H groups in total. The Bertz CT molecular complexity index is 1640. The molecule has 12 nitrogen and oxygen atoms in total. The lowest BCUT2D eigenvalue weighted by atomic mass is 9.58. The van der Waals surface area contributed by atoms with Crippen LogP contribution in [0.3, 0.4) is 0 Å². The number of allylic oxidation sites excluding steroid dienone is 1. The molecule has 0 saturated carbocycles. The van der Waals surface area contributed by atoms with Crippen molar-refractivity contribution in [1.29, 1.82) is 0 Å². The summed E-state index contributed by atoms with van der Waals surface area (Å²) in [5.74, 6) is -5.95. The molecule has 236 valence electrons. The van der Waals surface area contributed by atoms with Gasteiger partial charge in [-0.15, -0.1) is 0 Å². The first-order chi connectivity index (χ1) is 20.4. The van der Waals surface area contributed by atoms with E-state index in [0.29, 0.717) is 29.3 Å². The number of nitrogens with two attached hydrogens (primary N) is 1. The molecule has 0 saturated heterocycles. The Morgan fingerprint density at radius 1 is 1.14 bits per heavy atom. The quantitative estimate of drug-likeness (QED) is 0.264. The molecule has 0 fully saturated rings. The van der Waals surface area contributed by atoms with Gasteiger partial charge in [0.15, 0.2) is 11.4 Å². The molecule has 1 amide bonds. The Morgan fingerprint density at radius 3 is 2.36 bits per heavy atom. The predicted octanol–water partition coefficient (Wildman–Crippen LogP) is 2.33. The van der Waals surface area contributed by atoms with Crippen LogP contribution in [0.4, 0.5) is 5.69 Å². The lowest BCUT2D eigenvalue weighted by Crippen LogP contribution is -2.63. The van der Waals surface area contributed by atoms with Crippen LogP contribution in [-0.2, 0) is 22.6 Å². The van der Waals surface area contributed by atoms with E-state index >= 15 is 0 Å². The number of furan rings is 1. The van der Waals surface area contributed by atoms with Gasteiger partial charge in [-0.3, -0.25) is 19.3 Å². The van der Waals surface area contributed by atoms with Crippen LogP contribution >= 0.6 is 0 Å². The highest BCUT2D eigenvalue weighted by molar-refractivity contribution is 6.25. The molecule has 0 bridgehead atoms. The number of rotatable bonds is 6. The second-order valence-corrected chi connectivity index (χ2v) is 13.4. The van der Waals surface area contributed by atoms with E-state index in [4.69, 9.17) is 10.2 Å². The number of aliphatic hydroxyl groups excluding tert-OH is 2. The molecule has 0 spiro atoms. The van der Waals surface area contributed by atoms with Gasteiger partial charge in [-0.25, -0.2) is 0 Å². The van der Waals surface area contributed by atoms with Gasteiger partial charge in [0.1, 0.15) is 34.4 Å². The summed E-state index contributed by atoms with van der Waals surface area (Å²) in [4.78, 5) is 43.4. The maximum Gasteiger partial charge on any atom is 0.255 e. The minimum atomic E-state index is -2.70. The largest absolute Gasteiger partial charge is 0.510 e. The molecule has 44 heavy (non-hydrogen) atoms. The van der Waals surface area contributed by atoms with Crippen LogP contribution in [0.25, 0.3) is 11.3 Å². The monoisotopic (exact) mass is 608 g/mol. The number of amides is 1. The lowest BCUT2D eigenvalue weighted by Gasteiger charge is -2.50. The first-order valence-corrected chi connectivity index (χ1v) is 14.4. The number of hydrogen-bond acceptors (Lipinski definition) is 11. The fourth-order valence-electron chi connectivity index (χ4n) is 6.86. The highest BCUT2D eigenvalue weighted by Crippen LogP contribution is 2.54. The molecule has 1 heterocycles. The van der Waals surface area contributed by atoms with Crippen LogP contribution in [0.5, 0.6) is 5.75 Å². The van der Waals surface area contributed by atoms with Crippen molar-refractivity contribution >= 4 is 23.2 Å². The van der Waals surface area contributed by atoms with Gasteiger partial charge in [-0.1, -0.05) is 0 Å². The summed E-state index contributed by atoms with van der Waals surface area (Å²) in [7, 11) is 6.80. The number of hydrogen-bond donors (Lipinski definition) is 6. The number of likely N-dealkylation sites (N-methyl/N-ethyl adjacent to an activating group) is 1. The molecular weight excluding hydrogens is 568 g/mol. The highest BCUT2D eigenvalue weighted by atomic mass is 16.4. The molecule has 1 aromatic heterocycles. The minimum Gasteiger partial charge on any atom is -0.510 e. The van der Waals surface area contributed by atoms with E-state index in [1.807, 2.05) is 25.7 Å². The number of carbonyl (C=O) groups is 3. The Kier molecular flexibility index (Phi) is 7.47. The number of carbonyl (C=O) groups excluding carboxylic acids is 3. The van der Waals surface area contributed by atoms with Crippen molar-refractivity contribution in [3.05, 3.63) is 57.8 Å². The third-order valence-corrected chi connectivity index (χ3v) is 8.90. The second-order valence-electron chi connectivity index (χ2n) is 13.4. The van der Waals surface area contributed by atoms with Crippen LogP contribution in [0.1, 0.15) is 48.9 Å². The van der Waals surface area contributed by atoms with E-state index < -0.39 is 58.0 Å². The topological polar surface area (TPSA) is 190 Å². The van der Waals surface area contributed by atoms with E-state index in [1.54, 1.807) is 46.4 Å². The van der Waals surface area contributed by atoms with Gasteiger partial charge in [0, 0.05) is 36.8 Å². The highest BCUT2D eigenvalue weighted by Gasteiger charge is 2.63. The van der Waals surface area contributed by atoms with Gasteiger partial charge in [0.25, 0.3) is 5.91 Å². The maximum atomic E-state index is 14.3. The van der Waals surface area contributed by atoms with Gasteiger partial charge < -0.3 is 40.8 Å². The van der Waals surface area contributed by atoms with Crippen LogP contribution < -0.4 is 16.0 Å². The van der Waals surface area contributed by atoms with E-state index in [1.165, 1.54) is 4.90 Å². The van der Waals surface area contributed by atoms with Crippen LogP contribution in [0.2, 0.25) is 0 Å². The zero-order chi connectivity index (χ0) is 32.6. The summed E-state index contributed by atoms with van der Waals surface area (Å²) in [5, 5.41) is 49.3. The number of anilines is 1. The summed E-state index contributed by atoms with van der Waals surface area (Å²) in [6.45, 7) is 6.52. The molecule has 0 aliphatic heterocycles. The molecule has 2 aromatic rings. The number of phenolic OH excluding ortho intramolecular Hbond substituents is 1. The van der Waals surface area contributed by atoms with Crippen molar-refractivity contribution in [3.8, 4) is 17.1 Å². The van der Waals surface area contributed by atoms with Crippen molar-refractivity contribution in [2.24, 2.45) is 17.6 Å². The predicted molar refractivity (Wildman–Crippen MR) is 162 cm³/mol. The van der Waals surface area contributed by atoms with Crippen molar-refractivity contribution in [2.45, 2.75) is 57.3 Å². The van der Waals surface area contributed by atoms with Crippen molar-refractivity contribution in [3.63, 3.8) is 0 Å². The van der Waals surface area contributed by atoms with Crippen LogP contribution in [-0.4, -0.2) is 88.2 Å². The smallest absolute Gasteiger partial charge is 0.255 e. The van der Waals surface area contributed by atoms with Crippen LogP contribution in [0.15, 0.2) is 45.3 Å². The van der Waals surface area contributed by atoms with Crippen molar-refractivity contribution in [2.75, 3.05) is 33.1 Å². The summed E-state index contributed by atoms with van der Waals surface area (Å²) in [5.41, 5.74) is 2.89. The average molecular weight is 609 g/mol. The molecule has 12 heteroatoms. The number of Topliss-reactive ketones (excluding diaryl/α,β-unsaturated/α-hetero) is 2. The zero-order valence-electron chi connectivity index (χ0n) is 26.0. The standard InChI is InChI=1S/C32H40N4O8/c1-31(2,3)34-13-15-8-9-20(44-15)17-12-19(35(4)5)16-10-14-11-18-24(36(6)7)27(39)23(30(33)42)29(41)32(18,43)28(40)21(14)26(38)22(16)25(17)37/h8-9,12,14,18,24,34,37,39-40,43H,10-11,13H2,1-7H3,(H2,33,42)/t14-,18-,24?,32-/m0/s1. The minimum absolute atomic E-state index is 0.0173. The molecule has 5 rings (SSSR count). The number of fused-ring (bicyclic) bond motifs is 3. The Balaban J connectivity index is 1.67. The number of aromatic hydroxyl groups is 1. The van der Waals surface area contributed by atoms with Crippen molar-refractivity contribution in [1.82, 2.24) is 10.2 Å². The lowest BCUT2D eigenvalue weighted by molar-refractivity contribution is -0.148. The number of nitrogens with zero attached hydrogens (tertiary/aromatic N) is 2. The fraction of sp³-hybridized carbons (Fsp3) is 0.469. The zero-order valence-corrected chi connectivity index (χ0v) is 26.0. The summed E-state index contributed by atoms with van der Waals surface area (Å²) >= 11 is 0. The molecule has 4 atom stereocenters. The van der Waals surface area contributed by atoms with Gasteiger partial charge in [-0.2, -0.15) is 0 Å². The summed E-state index contributed by atoms with van der Waals surface area (Å²) in [6.07, 6.45) is 0.207. The van der Waals surface area contributed by atoms with Gasteiger partial charge in [-0.05, 0) is 77.4 Å². The SMILES string of the molecule is CN(C)c1cc(-c2ccc(CNC(C)(C)C)o2)c(O)c2c1C[C@H]1C[C@H]3C(N(C)C)C(O)=C(C(N)=O)C(=O)[C@@]3(O)C(O)=C1C2=O. The number of phenols is 1. The Labute approximate surface area is 255 Å². The first kappa shape index (κ1) is 31.3. The van der Waals surface area contributed by atoms with E-state index in [2.05, 4.69) is 5.32 Å². The average Bonchev–Trinajstić information content (AvgIpc) is 3.37. The van der Waals surface area contributed by atoms with E-state index in [9.17, 15) is 34.8 Å². The molecule has 0 radical (unpaired) electrons.